The second-order valence-corrected chi connectivity index (χ2v) is 4.81. The summed E-state index contributed by atoms with van der Waals surface area (Å²) < 4.78 is 12.8. The molecule has 1 amide bonds. The number of hydrogen-bond acceptors (Lipinski definition) is 3. The van der Waals surface area contributed by atoms with E-state index in [-0.39, 0.29) is 18.1 Å². The zero-order valence-electron chi connectivity index (χ0n) is 11.9. The number of aryl methyl sites for hydroxylation is 2. The Balaban J connectivity index is 1.99. The Labute approximate surface area is 121 Å². The van der Waals surface area contributed by atoms with Gasteiger partial charge in [-0.15, -0.1) is 0 Å². The van der Waals surface area contributed by atoms with Gasteiger partial charge in [0, 0.05) is 23.5 Å². The number of nitrogens with one attached hydrogen (secondary N) is 2. The molecule has 0 radical (unpaired) electrons. The van der Waals surface area contributed by atoms with Gasteiger partial charge in [-0.05, 0) is 31.5 Å². The molecule has 5 nitrogen and oxygen atoms in total. The Bertz CT molecular complexity index is 682. The molecule has 0 saturated heterocycles. The lowest BCUT2D eigenvalue weighted by molar-refractivity contribution is -0.120. The summed E-state index contributed by atoms with van der Waals surface area (Å²) in [6, 6.07) is 5.94. The van der Waals surface area contributed by atoms with Gasteiger partial charge in [0.2, 0.25) is 5.91 Å². The van der Waals surface area contributed by atoms with Gasteiger partial charge < -0.3 is 10.3 Å². The van der Waals surface area contributed by atoms with Crippen LogP contribution in [0.3, 0.4) is 0 Å². The highest BCUT2D eigenvalue weighted by Gasteiger charge is 2.10. The van der Waals surface area contributed by atoms with Crippen molar-refractivity contribution in [2.45, 2.75) is 26.8 Å². The molecule has 0 unspecified atom stereocenters. The number of carbonyl (C=O) groups is 1. The summed E-state index contributed by atoms with van der Waals surface area (Å²) >= 11 is 0. The van der Waals surface area contributed by atoms with Crippen LogP contribution in [0.4, 0.5) is 4.39 Å². The number of aromatic nitrogens is 2. The number of hydrogen-bond donors (Lipinski definition) is 2. The fourth-order valence-corrected chi connectivity index (χ4v) is 2.04. The molecule has 0 spiro atoms. The standard InChI is InChI=1S/C15H16FN3O2/c1-9-13(10(2)19-15(21)18-9)7-14(20)17-8-11-3-5-12(16)6-4-11/h3-6H,7-8H2,1-2H3,(H,17,20)(H,18,19,21). The van der Waals surface area contributed by atoms with Crippen molar-refractivity contribution in [3.63, 3.8) is 0 Å². The van der Waals surface area contributed by atoms with Crippen molar-refractivity contribution >= 4 is 5.91 Å². The molecule has 0 bridgehead atoms. The van der Waals surface area contributed by atoms with Crippen LogP contribution >= 0.6 is 0 Å². The highest BCUT2D eigenvalue weighted by atomic mass is 19.1. The van der Waals surface area contributed by atoms with Gasteiger partial charge in [-0.2, -0.15) is 4.98 Å². The molecule has 1 aromatic carbocycles. The lowest BCUT2D eigenvalue weighted by Gasteiger charge is -2.09. The number of aromatic amines is 1. The van der Waals surface area contributed by atoms with Gasteiger partial charge >= 0.3 is 5.69 Å². The van der Waals surface area contributed by atoms with Crippen molar-refractivity contribution < 1.29 is 9.18 Å². The average Bonchev–Trinajstić information content (AvgIpc) is 2.42. The number of H-pyrrole nitrogens is 1. The van der Waals surface area contributed by atoms with Crippen molar-refractivity contribution in [2.24, 2.45) is 0 Å². The van der Waals surface area contributed by atoms with Crippen molar-refractivity contribution in [1.29, 1.82) is 0 Å². The molecule has 0 aliphatic heterocycles. The van der Waals surface area contributed by atoms with Crippen LogP contribution in [0.25, 0.3) is 0 Å². The van der Waals surface area contributed by atoms with Gasteiger partial charge in [0.15, 0.2) is 0 Å². The molecule has 110 valence electrons. The van der Waals surface area contributed by atoms with E-state index in [1.165, 1.54) is 12.1 Å². The summed E-state index contributed by atoms with van der Waals surface area (Å²) in [7, 11) is 0. The lowest BCUT2D eigenvalue weighted by Crippen LogP contribution is -2.26. The number of carbonyl (C=O) groups excluding carboxylic acids is 1. The smallest absolute Gasteiger partial charge is 0.345 e. The lowest BCUT2D eigenvalue weighted by atomic mass is 10.1. The summed E-state index contributed by atoms with van der Waals surface area (Å²) in [5.41, 5.74) is 2.31. The molecule has 1 aromatic heterocycles. The summed E-state index contributed by atoms with van der Waals surface area (Å²) in [5, 5.41) is 2.75. The second kappa shape index (κ2) is 6.30. The molecule has 2 aromatic rings. The van der Waals surface area contributed by atoms with E-state index in [9.17, 15) is 14.0 Å². The first-order valence-corrected chi connectivity index (χ1v) is 6.53. The topological polar surface area (TPSA) is 74.8 Å². The van der Waals surface area contributed by atoms with Crippen LogP contribution in [0.2, 0.25) is 0 Å². The summed E-state index contributed by atoms with van der Waals surface area (Å²) in [5.74, 6) is -0.491. The largest absolute Gasteiger partial charge is 0.352 e. The van der Waals surface area contributed by atoms with Gasteiger partial charge in [-0.1, -0.05) is 12.1 Å². The average molecular weight is 289 g/mol. The van der Waals surface area contributed by atoms with E-state index in [0.29, 0.717) is 23.5 Å². The van der Waals surface area contributed by atoms with Crippen molar-refractivity contribution in [1.82, 2.24) is 15.3 Å². The van der Waals surface area contributed by atoms with Gasteiger partial charge in [-0.3, -0.25) is 4.79 Å². The highest BCUT2D eigenvalue weighted by Crippen LogP contribution is 2.08. The minimum absolute atomic E-state index is 0.142. The third kappa shape index (κ3) is 3.98. The van der Waals surface area contributed by atoms with Crippen LogP contribution < -0.4 is 11.0 Å². The molecule has 1 heterocycles. The Morgan fingerprint density at radius 1 is 1.29 bits per heavy atom. The van der Waals surface area contributed by atoms with Crippen LogP contribution in [0.1, 0.15) is 22.5 Å². The molecular weight excluding hydrogens is 273 g/mol. The predicted octanol–water partition coefficient (Wildman–Crippen LogP) is 1.38. The summed E-state index contributed by atoms with van der Waals surface area (Å²) in [6.07, 6.45) is 0.142. The quantitative estimate of drug-likeness (QED) is 0.893. The van der Waals surface area contributed by atoms with Gasteiger partial charge in [0.25, 0.3) is 0 Å². The monoisotopic (exact) mass is 289 g/mol. The van der Waals surface area contributed by atoms with Gasteiger partial charge in [0.05, 0.1) is 6.42 Å². The van der Waals surface area contributed by atoms with E-state index in [4.69, 9.17) is 0 Å². The fraction of sp³-hybridized carbons (Fsp3) is 0.267. The molecule has 0 aliphatic rings. The van der Waals surface area contributed by atoms with E-state index in [1.54, 1.807) is 26.0 Å². The van der Waals surface area contributed by atoms with Crippen LogP contribution in [-0.4, -0.2) is 15.9 Å². The summed E-state index contributed by atoms with van der Waals surface area (Å²) in [4.78, 5) is 29.5. The van der Waals surface area contributed by atoms with Crippen LogP contribution in [0.15, 0.2) is 29.1 Å². The predicted molar refractivity (Wildman–Crippen MR) is 76.3 cm³/mol. The first-order chi connectivity index (χ1) is 9.95. The van der Waals surface area contributed by atoms with Crippen LogP contribution in [0.5, 0.6) is 0 Å². The highest BCUT2D eigenvalue weighted by molar-refractivity contribution is 5.79. The number of benzene rings is 1. The minimum atomic E-state index is -0.416. The maximum Gasteiger partial charge on any atom is 0.345 e. The minimum Gasteiger partial charge on any atom is -0.352 e. The first kappa shape index (κ1) is 14.9. The zero-order valence-corrected chi connectivity index (χ0v) is 11.9. The first-order valence-electron chi connectivity index (χ1n) is 6.53. The fourth-order valence-electron chi connectivity index (χ4n) is 2.04. The maximum atomic E-state index is 12.8. The van der Waals surface area contributed by atoms with E-state index in [2.05, 4.69) is 15.3 Å². The molecular formula is C15H16FN3O2. The van der Waals surface area contributed by atoms with Crippen molar-refractivity contribution in [3.8, 4) is 0 Å². The molecule has 0 atom stereocenters. The van der Waals surface area contributed by atoms with Crippen LogP contribution in [-0.2, 0) is 17.8 Å². The Kier molecular flexibility index (Phi) is 4.47. The van der Waals surface area contributed by atoms with Crippen LogP contribution in [0, 0.1) is 19.7 Å². The molecule has 0 aliphatic carbocycles. The number of halogens is 1. The van der Waals surface area contributed by atoms with E-state index in [0.717, 1.165) is 5.56 Å². The Morgan fingerprint density at radius 3 is 2.57 bits per heavy atom. The van der Waals surface area contributed by atoms with E-state index >= 15 is 0 Å². The Morgan fingerprint density at radius 2 is 1.95 bits per heavy atom. The van der Waals surface area contributed by atoms with E-state index in [1.807, 2.05) is 0 Å². The maximum absolute atomic E-state index is 12.8. The molecule has 21 heavy (non-hydrogen) atoms. The summed E-state index contributed by atoms with van der Waals surface area (Å²) in [6.45, 7) is 3.76. The van der Waals surface area contributed by atoms with E-state index < -0.39 is 5.69 Å². The molecule has 6 heteroatoms. The number of rotatable bonds is 4. The normalized spacial score (nSPS) is 10.4. The number of nitrogens with zero attached hydrogens (tertiary/aromatic N) is 1. The third-order valence-electron chi connectivity index (χ3n) is 3.19. The SMILES string of the molecule is Cc1nc(=O)[nH]c(C)c1CC(=O)NCc1ccc(F)cc1. The molecule has 2 rings (SSSR count). The second-order valence-electron chi connectivity index (χ2n) is 4.81. The van der Waals surface area contributed by atoms with Crippen molar-refractivity contribution in [3.05, 3.63) is 63.1 Å². The number of amides is 1. The Hall–Kier alpha value is -2.50. The third-order valence-corrected chi connectivity index (χ3v) is 3.19. The zero-order chi connectivity index (χ0) is 15.4. The molecule has 2 N–H and O–H groups in total. The van der Waals surface area contributed by atoms with Gasteiger partial charge in [-0.25, -0.2) is 9.18 Å². The molecule has 0 saturated carbocycles. The van der Waals surface area contributed by atoms with Gasteiger partial charge in [0.1, 0.15) is 5.82 Å². The van der Waals surface area contributed by atoms with Crippen molar-refractivity contribution in [2.75, 3.05) is 0 Å². The molecule has 0 fully saturated rings.